The molecule has 0 radical (unpaired) electrons. The molecule has 2 aromatic heterocycles. The van der Waals surface area contributed by atoms with Crippen molar-refractivity contribution in [2.24, 2.45) is 5.92 Å². The molecule has 3 aromatic rings. The van der Waals surface area contributed by atoms with Crippen molar-refractivity contribution in [1.82, 2.24) is 24.4 Å². The molecule has 1 aromatic carbocycles. The molecule has 1 aliphatic rings. The normalized spacial score (nSPS) is 15.3. The van der Waals surface area contributed by atoms with E-state index in [1.165, 1.54) is 0 Å². The molecular formula is C19H22N6O. The molecule has 1 saturated heterocycles. The second-order valence-electron chi connectivity index (χ2n) is 6.67. The van der Waals surface area contributed by atoms with E-state index in [0.717, 1.165) is 55.1 Å². The number of imidazole rings is 1. The third-order valence-electron chi connectivity index (χ3n) is 4.99. The van der Waals surface area contributed by atoms with Crippen LogP contribution in [0.2, 0.25) is 0 Å². The molecule has 1 fully saturated rings. The Hall–Kier alpha value is -2.96. The quantitative estimate of drug-likeness (QED) is 0.782. The number of carbonyl (C=O) groups excluding carboxylic acids is 1. The first-order chi connectivity index (χ1) is 12.7. The SMILES string of the molecule is CC(=O)N1CCC(CNc2ncnc3c2ncn3-c2ccccc2)CC1. The first-order valence-corrected chi connectivity index (χ1v) is 8.95. The Balaban J connectivity index is 1.48. The number of hydrogen-bond donors (Lipinski definition) is 1. The summed E-state index contributed by atoms with van der Waals surface area (Å²) in [7, 11) is 0. The average molecular weight is 350 g/mol. The van der Waals surface area contributed by atoms with Crippen LogP contribution in [0.4, 0.5) is 5.82 Å². The maximum Gasteiger partial charge on any atom is 0.219 e. The smallest absolute Gasteiger partial charge is 0.219 e. The molecule has 3 heterocycles. The Kier molecular flexibility index (Phi) is 4.51. The number of aromatic nitrogens is 4. The van der Waals surface area contributed by atoms with E-state index in [0.29, 0.717) is 5.92 Å². The zero-order chi connectivity index (χ0) is 17.9. The second-order valence-corrected chi connectivity index (χ2v) is 6.67. The highest BCUT2D eigenvalue weighted by Crippen LogP contribution is 2.22. The zero-order valence-corrected chi connectivity index (χ0v) is 14.8. The number of para-hydroxylation sites is 1. The van der Waals surface area contributed by atoms with Gasteiger partial charge in [-0.1, -0.05) is 18.2 Å². The molecule has 0 bridgehead atoms. The van der Waals surface area contributed by atoms with Crippen LogP contribution in [-0.4, -0.2) is 50.0 Å². The monoisotopic (exact) mass is 350 g/mol. The fourth-order valence-electron chi connectivity index (χ4n) is 3.43. The largest absolute Gasteiger partial charge is 0.368 e. The number of nitrogens with zero attached hydrogens (tertiary/aromatic N) is 5. The van der Waals surface area contributed by atoms with Gasteiger partial charge in [-0.25, -0.2) is 15.0 Å². The summed E-state index contributed by atoms with van der Waals surface area (Å²) < 4.78 is 1.97. The highest BCUT2D eigenvalue weighted by molar-refractivity contribution is 5.83. The van der Waals surface area contributed by atoms with Crippen molar-refractivity contribution in [3.05, 3.63) is 43.0 Å². The minimum absolute atomic E-state index is 0.167. The van der Waals surface area contributed by atoms with Crippen LogP contribution in [0.3, 0.4) is 0 Å². The van der Waals surface area contributed by atoms with Crippen LogP contribution in [0, 0.1) is 5.92 Å². The molecule has 0 unspecified atom stereocenters. The van der Waals surface area contributed by atoms with Gasteiger partial charge in [0.25, 0.3) is 0 Å². The lowest BCUT2D eigenvalue weighted by molar-refractivity contribution is -0.130. The van der Waals surface area contributed by atoms with E-state index in [4.69, 9.17) is 0 Å². The van der Waals surface area contributed by atoms with Crippen molar-refractivity contribution in [2.75, 3.05) is 25.0 Å². The molecule has 7 heteroatoms. The number of nitrogens with one attached hydrogen (secondary N) is 1. The summed E-state index contributed by atoms with van der Waals surface area (Å²) in [6.45, 7) is 4.14. The summed E-state index contributed by atoms with van der Waals surface area (Å²) >= 11 is 0. The summed E-state index contributed by atoms with van der Waals surface area (Å²) in [5.74, 6) is 1.46. The molecule has 7 nitrogen and oxygen atoms in total. The van der Waals surface area contributed by atoms with E-state index in [1.807, 2.05) is 39.8 Å². The average Bonchev–Trinajstić information content (AvgIpc) is 3.12. The lowest BCUT2D eigenvalue weighted by atomic mass is 9.97. The number of piperidine rings is 1. The van der Waals surface area contributed by atoms with Crippen LogP contribution in [0.5, 0.6) is 0 Å². The minimum Gasteiger partial charge on any atom is -0.368 e. The number of likely N-dealkylation sites (tertiary alicyclic amines) is 1. The number of amides is 1. The van der Waals surface area contributed by atoms with E-state index < -0.39 is 0 Å². The molecule has 26 heavy (non-hydrogen) atoms. The summed E-state index contributed by atoms with van der Waals surface area (Å²) in [6.07, 6.45) is 5.38. The Morgan fingerprint density at radius 1 is 1.15 bits per heavy atom. The lowest BCUT2D eigenvalue weighted by Gasteiger charge is -2.31. The van der Waals surface area contributed by atoms with Gasteiger partial charge in [-0.2, -0.15) is 0 Å². The molecule has 1 aliphatic heterocycles. The Labute approximate surface area is 152 Å². The molecular weight excluding hydrogens is 328 g/mol. The Morgan fingerprint density at radius 3 is 2.65 bits per heavy atom. The van der Waals surface area contributed by atoms with Gasteiger partial charge in [0.2, 0.25) is 5.91 Å². The molecule has 0 saturated carbocycles. The third-order valence-corrected chi connectivity index (χ3v) is 4.99. The van der Waals surface area contributed by atoms with E-state index >= 15 is 0 Å². The van der Waals surface area contributed by atoms with Crippen LogP contribution in [0.25, 0.3) is 16.9 Å². The minimum atomic E-state index is 0.167. The standard InChI is InChI=1S/C19H22N6O/c1-14(26)24-9-7-15(8-10-24)11-20-18-17-19(22-12-21-18)25(13-23-17)16-5-3-2-4-6-16/h2-6,12-13,15H,7-11H2,1H3,(H,20,21,22). The molecule has 1 amide bonds. The van der Waals surface area contributed by atoms with Crippen molar-refractivity contribution in [3.63, 3.8) is 0 Å². The molecule has 134 valence electrons. The fraction of sp³-hybridized carbons (Fsp3) is 0.368. The fourth-order valence-corrected chi connectivity index (χ4v) is 3.43. The molecule has 4 rings (SSSR count). The summed E-state index contributed by atoms with van der Waals surface area (Å²) in [5.41, 5.74) is 2.59. The predicted octanol–water partition coefficient (Wildman–Crippen LogP) is 2.49. The first-order valence-electron chi connectivity index (χ1n) is 8.95. The number of rotatable bonds is 4. The summed E-state index contributed by atoms with van der Waals surface area (Å²) in [6, 6.07) is 10.0. The number of benzene rings is 1. The third kappa shape index (κ3) is 3.24. The highest BCUT2D eigenvalue weighted by atomic mass is 16.2. The van der Waals surface area contributed by atoms with Gasteiger partial charge in [-0.15, -0.1) is 0 Å². The van der Waals surface area contributed by atoms with Crippen LogP contribution in [0.15, 0.2) is 43.0 Å². The highest BCUT2D eigenvalue weighted by Gasteiger charge is 2.21. The molecule has 0 atom stereocenters. The van der Waals surface area contributed by atoms with Gasteiger partial charge in [0.05, 0.1) is 0 Å². The van der Waals surface area contributed by atoms with E-state index in [1.54, 1.807) is 19.6 Å². The molecule has 0 aliphatic carbocycles. The van der Waals surface area contributed by atoms with Gasteiger partial charge < -0.3 is 10.2 Å². The topological polar surface area (TPSA) is 75.9 Å². The van der Waals surface area contributed by atoms with Gasteiger partial charge in [0, 0.05) is 32.2 Å². The van der Waals surface area contributed by atoms with Crippen molar-refractivity contribution in [2.45, 2.75) is 19.8 Å². The van der Waals surface area contributed by atoms with Gasteiger partial charge in [0.1, 0.15) is 12.7 Å². The van der Waals surface area contributed by atoms with Gasteiger partial charge in [-0.05, 0) is 30.9 Å². The van der Waals surface area contributed by atoms with E-state index in [-0.39, 0.29) is 5.91 Å². The number of fused-ring (bicyclic) bond motifs is 1. The van der Waals surface area contributed by atoms with Gasteiger partial charge in [0.15, 0.2) is 17.0 Å². The van der Waals surface area contributed by atoms with Crippen LogP contribution >= 0.6 is 0 Å². The van der Waals surface area contributed by atoms with Crippen LogP contribution in [-0.2, 0) is 4.79 Å². The van der Waals surface area contributed by atoms with Crippen molar-refractivity contribution < 1.29 is 4.79 Å². The zero-order valence-electron chi connectivity index (χ0n) is 14.8. The Bertz CT molecular complexity index is 899. The van der Waals surface area contributed by atoms with Crippen molar-refractivity contribution >= 4 is 22.9 Å². The first kappa shape index (κ1) is 16.5. The van der Waals surface area contributed by atoms with Crippen molar-refractivity contribution in [1.29, 1.82) is 0 Å². The summed E-state index contributed by atoms with van der Waals surface area (Å²) in [5, 5.41) is 3.44. The predicted molar refractivity (Wildman–Crippen MR) is 100 cm³/mol. The summed E-state index contributed by atoms with van der Waals surface area (Å²) in [4.78, 5) is 26.7. The number of carbonyl (C=O) groups is 1. The van der Waals surface area contributed by atoms with E-state index in [9.17, 15) is 4.79 Å². The maximum atomic E-state index is 11.4. The number of anilines is 1. The van der Waals surface area contributed by atoms with Crippen LogP contribution in [0.1, 0.15) is 19.8 Å². The maximum absolute atomic E-state index is 11.4. The molecule has 1 N–H and O–H groups in total. The van der Waals surface area contributed by atoms with Crippen LogP contribution < -0.4 is 5.32 Å². The van der Waals surface area contributed by atoms with Gasteiger partial charge in [-0.3, -0.25) is 9.36 Å². The van der Waals surface area contributed by atoms with Gasteiger partial charge >= 0.3 is 0 Å². The van der Waals surface area contributed by atoms with E-state index in [2.05, 4.69) is 20.3 Å². The van der Waals surface area contributed by atoms with Crippen molar-refractivity contribution in [3.8, 4) is 5.69 Å². The number of hydrogen-bond acceptors (Lipinski definition) is 5. The second kappa shape index (κ2) is 7.11. The lowest BCUT2D eigenvalue weighted by Crippen LogP contribution is -2.38. The Morgan fingerprint density at radius 2 is 1.92 bits per heavy atom. The molecule has 0 spiro atoms.